The zero-order valence-corrected chi connectivity index (χ0v) is 52.5. The first kappa shape index (κ1) is 57.1. The highest BCUT2D eigenvalue weighted by atomic mass is 127. The standard InChI is InChI=1S/C71H69N7OS.2HI/c1-48-16-22-51(23-17-48)68-56-32-34-58(72-56)69(52-24-18-49(2)19-25-52)60-36-38-62(74-60)71(63-39-37-61(75-63)70(59-35-33-57(68)73-59)53-26-20-50(3)21-27-53)54-28-30-55(31-29-54)79-47-11-42-78(5)45-43-77(4,44-46-78)41-10-40-76-64-12-6-8-14-66(64)80-67-15-9-7-13-65(67)76;;/h6-9,12-39,72,75H,10-11,40-47H2,1-5H3;2*1H/q+2;;/p-2. The summed E-state index contributed by atoms with van der Waals surface area (Å²) in [7, 11) is 4.93. The molecule has 0 unspecified atom stereocenters. The van der Waals surface area contributed by atoms with Crippen molar-refractivity contribution in [2.75, 3.05) is 71.4 Å². The number of fused-ring (bicyclic) bond motifs is 10. The van der Waals surface area contributed by atoms with Crippen LogP contribution < -0.4 is 57.6 Å². The highest BCUT2D eigenvalue weighted by Crippen LogP contribution is 2.48. The molecule has 1 fully saturated rings. The number of quaternary nitrogens is 2. The first-order chi connectivity index (χ1) is 39.0. The van der Waals surface area contributed by atoms with E-state index in [9.17, 15) is 0 Å². The molecule has 0 atom stereocenters. The summed E-state index contributed by atoms with van der Waals surface area (Å²) in [6.07, 6.45) is 10.8. The zero-order chi connectivity index (χ0) is 54.4. The molecule has 0 radical (unpaired) electrons. The lowest BCUT2D eigenvalue weighted by atomic mass is 10.0. The van der Waals surface area contributed by atoms with Gasteiger partial charge in [-0.05, 0) is 128 Å². The van der Waals surface area contributed by atoms with E-state index in [1.807, 2.05) is 11.8 Å². The number of hydrogen-bond donors (Lipinski definition) is 2. The predicted octanol–water partition coefficient (Wildman–Crippen LogP) is 10.6. The van der Waals surface area contributed by atoms with Gasteiger partial charge in [0.1, 0.15) is 31.9 Å². The molecule has 1 saturated heterocycles. The predicted molar refractivity (Wildman–Crippen MR) is 335 cm³/mol. The van der Waals surface area contributed by atoms with Crippen LogP contribution in [0, 0.1) is 20.8 Å². The van der Waals surface area contributed by atoms with Crippen molar-refractivity contribution < 1.29 is 61.7 Å². The molecule has 8 nitrogen and oxygen atoms in total. The number of para-hydroxylation sites is 2. The Morgan fingerprint density at radius 1 is 0.439 bits per heavy atom. The molecule has 9 aromatic rings. The van der Waals surface area contributed by atoms with Crippen LogP contribution in [-0.4, -0.2) is 95.4 Å². The third-order valence-corrected chi connectivity index (χ3v) is 18.1. The van der Waals surface area contributed by atoms with Crippen molar-refractivity contribution in [2.24, 2.45) is 0 Å². The van der Waals surface area contributed by atoms with Crippen LogP contribution in [0.1, 0.15) is 52.3 Å². The van der Waals surface area contributed by atoms with Gasteiger partial charge in [-0.3, -0.25) is 0 Å². The number of anilines is 2. The number of halogens is 2. The minimum absolute atomic E-state index is 0. The minimum Gasteiger partial charge on any atom is -1.00 e. The fraction of sp³-hybridized carbons (Fsp3) is 0.211. The third-order valence-electron chi connectivity index (χ3n) is 17.0. The summed E-state index contributed by atoms with van der Waals surface area (Å²) < 4.78 is 8.78. The molecular weight excluding hydrogens is 1250 g/mol. The highest BCUT2D eigenvalue weighted by molar-refractivity contribution is 7.99. The average Bonchev–Trinajstić information content (AvgIpc) is 4.41. The van der Waals surface area contributed by atoms with E-state index in [2.05, 4.69) is 244 Å². The lowest BCUT2D eigenvalue weighted by Gasteiger charge is -2.46. The first-order valence-electron chi connectivity index (χ1n) is 28.4. The molecule has 11 heteroatoms. The van der Waals surface area contributed by atoms with Crippen molar-refractivity contribution in [2.45, 2.75) is 43.4 Å². The van der Waals surface area contributed by atoms with E-state index in [-0.39, 0.29) is 48.0 Å². The Morgan fingerprint density at radius 2 is 0.780 bits per heavy atom. The molecule has 414 valence electrons. The number of likely N-dealkylation sites (N-methyl/N-ethyl adjacent to an activating group) is 2. The third kappa shape index (κ3) is 11.8. The van der Waals surface area contributed by atoms with Crippen LogP contribution in [0.2, 0.25) is 0 Å². The highest BCUT2D eigenvalue weighted by Gasteiger charge is 2.37. The maximum absolute atomic E-state index is 6.54. The van der Waals surface area contributed by atoms with Crippen LogP contribution in [0.5, 0.6) is 5.75 Å². The van der Waals surface area contributed by atoms with E-state index in [0.717, 1.165) is 130 Å². The van der Waals surface area contributed by atoms with Crippen LogP contribution >= 0.6 is 11.8 Å². The van der Waals surface area contributed by atoms with E-state index < -0.39 is 0 Å². The second kappa shape index (κ2) is 24.2. The number of aromatic amines is 2. The smallest absolute Gasteiger partial charge is 0.128 e. The maximum Gasteiger partial charge on any atom is 0.128 e. The van der Waals surface area contributed by atoms with E-state index in [4.69, 9.17) is 14.7 Å². The molecule has 4 aliphatic heterocycles. The molecule has 0 spiro atoms. The maximum atomic E-state index is 6.54. The van der Waals surface area contributed by atoms with Gasteiger partial charge in [-0.25, -0.2) is 9.97 Å². The molecule has 6 aromatic carbocycles. The molecule has 8 bridgehead atoms. The Hall–Kier alpha value is -6.75. The largest absolute Gasteiger partial charge is 1.00 e. The Kier molecular flexibility index (Phi) is 16.9. The Labute approximate surface area is 521 Å². The summed E-state index contributed by atoms with van der Waals surface area (Å²) in [6.45, 7) is 15.2. The van der Waals surface area contributed by atoms with Crippen LogP contribution in [0.25, 0.3) is 90.9 Å². The lowest BCUT2D eigenvalue weighted by molar-refractivity contribution is -1.02. The number of H-pyrrole nitrogens is 2. The fourth-order valence-electron chi connectivity index (χ4n) is 12.2. The Bertz CT molecular complexity index is 3940. The van der Waals surface area contributed by atoms with Crippen molar-refractivity contribution in [1.82, 2.24) is 19.9 Å². The second-order valence-corrected chi connectivity index (χ2v) is 24.0. The molecule has 4 aliphatic rings. The molecule has 13 rings (SSSR count). The van der Waals surface area contributed by atoms with Crippen LogP contribution in [0.15, 0.2) is 180 Å². The molecule has 0 amide bonds. The number of nitrogens with zero attached hydrogens (tertiary/aromatic N) is 5. The normalized spacial score (nSPS) is 16.9. The van der Waals surface area contributed by atoms with Gasteiger partial charge >= 0.3 is 0 Å². The number of ether oxygens (including phenoxy) is 1. The van der Waals surface area contributed by atoms with Gasteiger partial charge in [-0.15, -0.1) is 0 Å². The van der Waals surface area contributed by atoms with Crippen molar-refractivity contribution in [3.8, 4) is 50.3 Å². The van der Waals surface area contributed by atoms with Gasteiger partial charge in [0.15, 0.2) is 0 Å². The summed E-state index contributed by atoms with van der Waals surface area (Å²) in [4.78, 5) is 24.1. The monoisotopic (exact) mass is 1320 g/mol. The van der Waals surface area contributed by atoms with Crippen LogP contribution in [0.3, 0.4) is 0 Å². The molecule has 82 heavy (non-hydrogen) atoms. The topological polar surface area (TPSA) is 69.8 Å². The molecule has 3 aromatic heterocycles. The summed E-state index contributed by atoms with van der Waals surface area (Å²) in [6, 6.07) is 61.5. The number of rotatable bonds is 13. The van der Waals surface area contributed by atoms with Gasteiger partial charge < -0.3 is 76.5 Å². The SMILES string of the molecule is Cc1ccc(-c2c3nc(c(-c4ccc(C)cc4)c4ccc([nH]4)c(-c4ccc(OCCC[N+]5(C)CC[N+](C)(CCCN6c7ccccc7Sc7ccccc76)CC5)cc4)c4nc(c(-c5ccc(C)cc5)c5ccc2[nH]5)C=C4)C=C3)cc1.[I-].[I-]. The fourth-order valence-corrected chi connectivity index (χ4v) is 13.3. The van der Waals surface area contributed by atoms with E-state index in [1.54, 1.807) is 0 Å². The number of benzene rings is 6. The van der Waals surface area contributed by atoms with Gasteiger partial charge in [-0.1, -0.05) is 138 Å². The summed E-state index contributed by atoms with van der Waals surface area (Å²) in [5.41, 5.74) is 22.3. The lowest BCUT2D eigenvalue weighted by Crippen LogP contribution is -3.00. The van der Waals surface area contributed by atoms with E-state index in [0.29, 0.717) is 6.61 Å². The summed E-state index contributed by atoms with van der Waals surface area (Å²) in [5.74, 6) is 0.876. The number of aromatic nitrogens is 4. The van der Waals surface area contributed by atoms with E-state index >= 15 is 0 Å². The van der Waals surface area contributed by atoms with Crippen molar-refractivity contribution in [1.29, 1.82) is 0 Å². The second-order valence-electron chi connectivity index (χ2n) is 23.0. The van der Waals surface area contributed by atoms with Gasteiger partial charge in [0.25, 0.3) is 0 Å². The van der Waals surface area contributed by atoms with Gasteiger partial charge in [-0.2, -0.15) is 0 Å². The molecule has 2 N–H and O–H groups in total. The minimum atomic E-state index is 0. The quantitative estimate of drug-likeness (QED) is 0.0684. The van der Waals surface area contributed by atoms with Gasteiger partial charge in [0, 0.05) is 73.5 Å². The van der Waals surface area contributed by atoms with Gasteiger partial charge in [0.05, 0.1) is 67.9 Å². The van der Waals surface area contributed by atoms with Crippen molar-refractivity contribution >= 4 is 69.5 Å². The number of aryl methyl sites for hydroxylation is 3. The van der Waals surface area contributed by atoms with Crippen LogP contribution in [-0.2, 0) is 0 Å². The van der Waals surface area contributed by atoms with Crippen LogP contribution in [0.4, 0.5) is 11.4 Å². The number of nitrogens with one attached hydrogen (secondary N) is 2. The Balaban J connectivity index is 0.00000353. The zero-order valence-electron chi connectivity index (χ0n) is 47.4. The van der Waals surface area contributed by atoms with Crippen molar-refractivity contribution in [3.63, 3.8) is 0 Å². The molecule has 0 saturated carbocycles. The number of hydrogen-bond acceptors (Lipinski definition) is 5. The van der Waals surface area contributed by atoms with Gasteiger partial charge in [0.2, 0.25) is 0 Å². The number of piperazine rings is 1. The molecular formula is C71H69I2N7OS. The van der Waals surface area contributed by atoms with Crippen molar-refractivity contribution in [3.05, 3.63) is 209 Å². The van der Waals surface area contributed by atoms with E-state index in [1.165, 1.54) is 70.6 Å². The average molecular weight is 1320 g/mol. The first-order valence-corrected chi connectivity index (χ1v) is 29.3. The molecule has 0 aliphatic carbocycles. The molecule has 7 heterocycles. The Morgan fingerprint density at radius 3 is 1.16 bits per heavy atom. The summed E-state index contributed by atoms with van der Waals surface area (Å²) >= 11 is 1.89. The summed E-state index contributed by atoms with van der Waals surface area (Å²) in [5, 5.41) is 0.